The van der Waals surface area contributed by atoms with Gasteiger partial charge in [-0.3, -0.25) is 9.59 Å². The van der Waals surface area contributed by atoms with Crippen molar-refractivity contribution in [3.63, 3.8) is 0 Å². The molecule has 1 aromatic carbocycles. The molecule has 0 radical (unpaired) electrons. The Labute approximate surface area is 114 Å². The highest BCUT2D eigenvalue weighted by Crippen LogP contribution is 2.27. The molecule has 0 unspecified atom stereocenters. The summed E-state index contributed by atoms with van der Waals surface area (Å²) in [7, 11) is 0. The number of hydrogen-bond acceptors (Lipinski definition) is 3. The summed E-state index contributed by atoms with van der Waals surface area (Å²) in [6, 6.07) is 4.75. The first-order valence-corrected chi connectivity index (χ1v) is 5.81. The fourth-order valence-corrected chi connectivity index (χ4v) is 1.57. The van der Waals surface area contributed by atoms with Crippen molar-refractivity contribution in [3.05, 3.63) is 28.2 Å². The zero-order valence-electron chi connectivity index (χ0n) is 9.28. The van der Waals surface area contributed by atoms with Gasteiger partial charge in [-0.05, 0) is 18.2 Å². The Morgan fingerprint density at radius 3 is 2.67 bits per heavy atom. The minimum absolute atomic E-state index is 0.0479. The van der Waals surface area contributed by atoms with E-state index < -0.39 is 18.4 Å². The molecule has 0 aliphatic carbocycles. The second kappa shape index (κ2) is 7.08. The molecule has 0 heterocycles. The van der Waals surface area contributed by atoms with Gasteiger partial charge in [-0.1, -0.05) is 23.2 Å². The normalized spacial score (nSPS) is 9.89. The number of carbonyl (C=O) groups excluding carboxylic acids is 1. The van der Waals surface area contributed by atoms with Crippen LogP contribution in [0.2, 0.25) is 10.0 Å². The lowest BCUT2D eigenvalue weighted by atomic mass is 10.3. The Bertz CT molecular complexity index is 451. The molecule has 1 amide bonds. The van der Waals surface area contributed by atoms with Gasteiger partial charge in [0.25, 0.3) is 0 Å². The smallest absolute Gasteiger partial charge is 0.322 e. The van der Waals surface area contributed by atoms with Crippen molar-refractivity contribution in [2.24, 2.45) is 0 Å². The summed E-state index contributed by atoms with van der Waals surface area (Å²) < 4.78 is 5.27. The second-order valence-electron chi connectivity index (χ2n) is 3.34. The molecule has 0 bridgehead atoms. The molecular weight excluding hydrogens is 281 g/mol. The van der Waals surface area contributed by atoms with E-state index in [0.717, 1.165) is 0 Å². The Morgan fingerprint density at radius 2 is 2.06 bits per heavy atom. The van der Waals surface area contributed by atoms with Crippen molar-refractivity contribution in [3.8, 4) is 5.75 Å². The van der Waals surface area contributed by atoms with E-state index in [-0.39, 0.29) is 13.0 Å². The van der Waals surface area contributed by atoms with Crippen molar-refractivity contribution < 1.29 is 19.4 Å². The predicted octanol–water partition coefficient (Wildman–Crippen LogP) is 1.96. The molecule has 2 N–H and O–H groups in total. The second-order valence-corrected chi connectivity index (χ2v) is 4.19. The lowest BCUT2D eigenvalue weighted by Crippen LogP contribution is -2.30. The van der Waals surface area contributed by atoms with Gasteiger partial charge in [-0.2, -0.15) is 0 Å². The Hall–Kier alpha value is -1.46. The molecule has 7 heteroatoms. The molecule has 5 nitrogen and oxygen atoms in total. The molecule has 0 fully saturated rings. The molecule has 0 atom stereocenters. The Balaban J connectivity index is 2.33. The number of halogens is 2. The average molecular weight is 292 g/mol. The number of amides is 1. The third kappa shape index (κ3) is 5.25. The maximum Gasteiger partial charge on any atom is 0.322 e. The first kappa shape index (κ1) is 14.6. The first-order valence-electron chi connectivity index (χ1n) is 5.05. The molecule has 1 rings (SSSR count). The standard InChI is InChI=1S/C11H11Cl2NO4/c12-7-1-2-9(8(13)5-7)18-4-3-10(15)14-6-11(16)17/h1-2,5H,3-4,6H2,(H,14,15)(H,16,17). The zero-order chi connectivity index (χ0) is 13.5. The third-order valence-electron chi connectivity index (χ3n) is 1.92. The summed E-state index contributed by atoms with van der Waals surface area (Å²) in [6.45, 7) is -0.298. The van der Waals surface area contributed by atoms with Crippen LogP contribution in [-0.4, -0.2) is 30.1 Å². The quantitative estimate of drug-likeness (QED) is 0.840. The monoisotopic (exact) mass is 291 g/mol. The number of carboxylic acid groups (broad SMARTS) is 1. The zero-order valence-corrected chi connectivity index (χ0v) is 10.8. The molecule has 0 saturated heterocycles. The molecule has 0 saturated carbocycles. The van der Waals surface area contributed by atoms with Crippen LogP contribution in [0, 0.1) is 0 Å². The number of nitrogens with one attached hydrogen (secondary N) is 1. The van der Waals surface area contributed by atoms with Crippen LogP contribution in [0.5, 0.6) is 5.75 Å². The van der Waals surface area contributed by atoms with Gasteiger partial charge >= 0.3 is 5.97 Å². The SMILES string of the molecule is O=C(O)CNC(=O)CCOc1ccc(Cl)cc1Cl. The van der Waals surface area contributed by atoms with Crippen molar-refractivity contribution >= 4 is 35.1 Å². The van der Waals surface area contributed by atoms with E-state index in [1.807, 2.05) is 0 Å². The first-order chi connectivity index (χ1) is 8.49. The van der Waals surface area contributed by atoms with Crippen LogP contribution < -0.4 is 10.1 Å². The van der Waals surface area contributed by atoms with Crippen LogP contribution in [-0.2, 0) is 9.59 Å². The molecule has 0 aliphatic rings. The third-order valence-corrected chi connectivity index (χ3v) is 2.45. The Morgan fingerprint density at radius 1 is 1.33 bits per heavy atom. The highest BCUT2D eigenvalue weighted by Gasteiger charge is 2.06. The number of benzene rings is 1. The van der Waals surface area contributed by atoms with Gasteiger partial charge in [0.1, 0.15) is 12.3 Å². The van der Waals surface area contributed by atoms with Crippen molar-refractivity contribution in [1.29, 1.82) is 0 Å². The molecule has 0 aliphatic heterocycles. The van der Waals surface area contributed by atoms with E-state index in [2.05, 4.69) is 5.32 Å². The van der Waals surface area contributed by atoms with Gasteiger partial charge in [-0.25, -0.2) is 0 Å². The van der Waals surface area contributed by atoms with Crippen LogP contribution in [0.4, 0.5) is 0 Å². The minimum Gasteiger partial charge on any atom is -0.491 e. The van der Waals surface area contributed by atoms with Crippen LogP contribution in [0.25, 0.3) is 0 Å². The highest BCUT2D eigenvalue weighted by atomic mass is 35.5. The van der Waals surface area contributed by atoms with Gasteiger partial charge in [0.05, 0.1) is 18.1 Å². The highest BCUT2D eigenvalue weighted by molar-refractivity contribution is 6.35. The number of rotatable bonds is 6. The van der Waals surface area contributed by atoms with E-state index in [9.17, 15) is 9.59 Å². The Kier molecular flexibility index (Phi) is 5.74. The minimum atomic E-state index is -1.09. The fraction of sp³-hybridized carbons (Fsp3) is 0.273. The number of carbonyl (C=O) groups is 2. The van der Waals surface area contributed by atoms with Gasteiger partial charge in [-0.15, -0.1) is 0 Å². The number of aliphatic carboxylic acids is 1. The predicted molar refractivity (Wildman–Crippen MR) is 67.2 cm³/mol. The molecule has 1 aromatic rings. The number of carboxylic acids is 1. The van der Waals surface area contributed by atoms with Crippen LogP contribution in [0.1, 0.15) is 6.42 Å². The average Bonchev–Trinajstić information content (AvgIpc) is 2.29. The van der Waals surface area contributed by atoms with Crippen LogP contribution in [0.15, 0.2) is 18.2 Å². The van der Waals surface area contributed by atoms with Crippen molar-refractivity contribution in [2.45, 2.75) is 6.42 Å². The van der Waals surface area contributed by atoms with E-state index in [1.165, 1.54) is 6.07 Å². The molecular formula is C11H11Cl2NO4. The topological polar surface area (TPSA) is 75.6 Å². The van der Waals surface area contributed by atoms with Crippen LogP contribution in [0.3, 0.4) is 0 Å². The fourth-order valence-electron chi connectivity index (χ4n) is 1.11. The van der Waals surface area contributed by atoms with Crippen molar-refractivity contribution in [2.75, 3.05) is 13.2 Å². The van der Waals surface area contributed by atoms with Gasteiger partial charge in [0, 0.05) is 5.02 Å². The number of hydrogen-bond donors (Lipinski definition) is 2. The molecule has 98 valence electrons. The summed E-state index contributed by atoms with van der Waals surface area (Å²) >= 11 is 11.6. The van der Waals surface area contributed by atoms with E-state index in [0.29, 0.717) is 15.8 Å². The molecule has 0 aromatic heterocycles. The lowest BCUT2D eigenvalue weighted by molar-refractivity contribution is -0.138. The molecule has 18 heavy (non-hydrogen) atoms. The summed E-state index contributed by atoms with van der Waals surface area (Å²) in [5.41, 5.74) is 0. The summed E-state index contributed by atoms with van der Waals surface area (Å²) in [5, 5.41) is 11.4. The van der Waals surface area contributed by atoms with Crippen LogP contribution >= 0.6 is 23.2 Å². The van der Waals surface area contributed by atoms with E-state index >= 15 is 0 Å². The lowest BCUT2D eigenvalue weighted by Gasteiger charge is -2.08. The summed E-state index contributed by atoms with van der Waals surface area (Å²) in [5.74, 6) is -1.07. The molecule has 0 spiro atoms. The van der Waals surface area contributed by atoms with Crippen molar-refractivity contribution in [1.82, 2.24) is 5.32 Å². The maximum atomic E-state index is 11.2. The van der Waals surface area contributed by atoms with Gasteiger partial charge in [0.15, 0.2) is 0 Å². The van der Waals surface area contributed by atoms with Gasteiger partial charge in [0.2, 0.25) is 5.91 Å². The summed E-state index contributed by atoms with van der Waals surface area (Å²) in [6.07, 6.45) is 0.0479. The number of ether oxygens (including phenoxy) is 1. The largest absolute Gasteiger partial charge is 0.491 e. The summed E-state index contributed by atoms with van der Waals surface area (Å²) in [4.78, 5) is 21.4. The van der Waals surface area contributed by atoms with Gasteiger partial charge < -0.3 is 15.2 Å². The van der Waals surface area contributed by atoms with E-state index in [4.69, 9.17) is 33.0 Å². The van der Waals surface area contributed by atoms with E-state index in [1.54, 1.807) is 12.1 Å². The maximum absolute atomic E-state index is 11.2.